The fourth-order valence-corrected chi connectivity index (χ4v) is 2.91. The Bertz CT molecular complexity index is 585. The fraction of sp³-hybridized carbons (Fsp3) is 0.529. The second-order valence-electron chi connectivity index (χ2n) is 6.64. The summed E-state index contributed by atoms with van der Waals surface area (Å²) in [5.41, 5.74) is -0.216. The van der Waals surface area contributed by atoms with Crippen LogP contribution < -0.4 is 0 Å². The van der Waals surface area contributed by atoms with E-state index in [0.717, 1.165) is 10.0 Å². The van der Waals surface area contributed by atoms with Crippen molar-refractivity contribution in [3.8, 4) is 0 Å². The van der Waals surface area contributed by atoms with Gasteiger partial charge in [-0.05, 0) is 51.3 Å². The molecule has 1 aromatic rings. The molecule has 23 heavy (non-hydrogen) atoms. The summed E-state index contributed by atoms with van der Waals surface area (Å²) in [7, 11) is 0.601. The van der Waals surface area contributed by atoms with E-state index in [9.17, 15) is 0 Å². The third-order valence-electron chi connectivity index (χ3n) is 4.50. The fourth-order valence-electron chi connectivity index (χ4n) is 2.38. The lowest BCUT2D eigenvalue weighted by Crippen LogP contribution is -2.41. The van der Waals surface area contributed by atoms with Gasteiger partial charge in [0, 0.05) is 11.6 Å². The molecule has 2 rings (SSSR count). The first kappa shape index (κ1) is 18.7. The van der Waals surface area contributed by atoms with Crippen molar-refractivity contribution in [3.63, 3.8) is 0 Å². The maximum Gasteiger partial charge on any atom is 0.525 e. The average molecular weight is 385 g/mol. The lowest BCUT2D eigenvalue weighted by Gasteiger charge is -2.32. The number of hydrogen-bond donors (Lipinski definition) is 0. The van der Waals surface area contributed by atoms with Gasteiger partial charge in [0.05, 0.1) is 17.8 Å². The van der Waals surface area contributed by atoms with Crippen molar-refractivity contribution in [3.05, 3.63) is 40.0 Å². The Kier molecular flexibility index (Phi) is 5.72. The Morgan fingerprint density at radius 1 is 1.17 bits per heavy atom. The number of hydrogen-bond acceptors (Lipinski definition) is 3. The van der Waals surface area contributed by atoms with E-state index < -0.39 is 24.0 Å². The first-order valence-electron chi connectivity index (χ1n) is 7.67. The van der Waals surface area contributed by atoms with Crippen molar-refractivity contribution in [1.82, 2.24) is 0 Å². The highest BCUT2D eigenvalue weighted by atomic mass is 79.9. The molecule has 126 valence electrons. The van der Waals surface area contributed by atoms with E-state index in [2.05, 4.69) is 15.9 Å². The van der Waals surface area contributed by atoms with Crippen LogP contribution in [0.1, 0.15) is 39.7 Å². The Labute approximate surface area is 146 Å². The molecule has 0 spiro atoms. The summed E-state index contributed by atoms with van der Waals surface area (Å²) < 4.78 is 32.8. The van der Waals surface area contributed by atoms with Crippen molar-refractivity contribution in [2.24, 2.45) is 0 Å². The molecule has 0 amide bonds. The molecule has 0 saturated carbocycles. The zero-order valence-corrected chi connectivity index (χ0v) is 15.9. The van der Waals surface area contributed by atoms with E-state index in [1.165, 1.54) is 0 Å². The van der Waals surface area contributed by atoms with E-state index in [0.29, 0.717) is 18.6 Å². The zero-order chi connectivity index (χ0) is 17.3. The highest BCUT2D eigenvalue weighted by Crippen LogP contribution is 2.41. The minimum atomic E-state index is -1.00. The molecule has 0 aliphatic carbocycles. The van der Waals surface area contributed by atoms with Crippen molar-refractivity contribution in [1.29, 1.82) is 0 Å². The molecule has 0 atom stereocenters. The van der Waals surface area contributed by atoms with Crippen LogP contribution in [0.5, 0.6) is 0 Å². The topological polar surface area (TPSA) is 27.7 Å². The van der Waals surface area contributed by atoms with Gasteiger partial charge in [-0.1, -0.05) is 34.1 Å². The number of rotatable bonds is 5. The summed E-state index contributed by atoms with van der Waals surface area (Å²) in [6, 6.07) is 7.54. The second-order valence-corrected chi connectivity index (χ2v) is 7.49. The molecule has 0 radical (unpaired) electrons. The van der Waals surface area contributed by atoms with Crippen LogP contribution >= 0.6 is 15.9 Å². The van der Waals surface area contributed by atoms with Gasteiger partial charge in [0.15, 0.2) is 0 Å². The van der Waals surface area contributed by atoms with E-state index in [4.69, 9.17) is 14.0 Å². The minimum Gasteiger partial charge on any atom is -0.398 e. The quantitative estimate of drug-likeness (QED) is 0.682. The summed E-state index contributed by atoms with van der Waals surface area (Å²) in [5, 5.41) is 0. The Morgan fingerprint density at radius 2 is 1.74 bits per heavy atom. The van der Waals surface area contributed by atoms with Gasteiger partial charge in [-0.2, -0.15) is 0 Å². The molecule has 1 aromatic carbocycles. The first-order chi connectivity index (χ1) is 10.7. The SMILES string of the molecule is COCCC(=C(F)B1OC(C)(C)C(C)(C)O1)c1ccccc1Br. The predicted octanol–water partition coefficient (Wildman–Crippen LogP) is 4.80. The highest BCUT2D eigenvalue weighted by Gasteiger charge is 2.53. The van der Waals surface area contributed by atoms with E-state index in [-0.39, 0.29) is 0 Å². The summed E-state index contributed by atoms with van der Waals surface area (Å²) in [5.74, 6) is 0. The standard InChI is InChI=1S/C17H23BBrFO3/c1-16(2)17(3,4)23-18(22-16)15(20)13(10-11-21-5)12-8-6-7-9-14(12)19/h6-9H,10-11H2,1-5H3. The highest BCUT2D eigenvalue weighted by molar-refractivity contribution is 9.10. The molecular formula is C17H23BBrFO3. The van der Waals surface area contributed by atoms with Gasteiger partial charge in [0.1, 0.15) is 5.73 Å². The average Bonchev–Trinajstić information content (AvgIpc) is 2.69. The van der Waals surface area contributed by atoms with Crippen LogP contribution in [0.25, 0.3) is 5.57 Å². The van der Waals surface area contributed by atoms with Gasteiger partial charge >= 0.3 is 7.12 Å². The monoisotopic (exact) mass is 384 g/mol. The first-order valence-corrected chi connectivity index (χ1v) is 8.47. The molecule has 0 bridgehead atoms. The molecule has 1 saturated heterocycles. The normalized spacial score (nSPS) is 20.6. The molecule has 0 aromatic heterocycles. The van der Waals surface area contributed by atoms with Crippen LogP contribution in [0.15, 0.2) is 34.5 Å². The van der Waals surface area contributed by atoms with Crippen LogP contribution in [0, 0.1) is 0 Å². The summed E-state index contributed by atoms with van der Waals surface area (Å²) in [6.45, 7) is 8.06. The molecule has 1 heterocycles. The number of benzene rings is 1. The van der Waals surface area contributed by atoms with Crippen molar-refractivity contribution in [2.75, 3.05) is 13.7 Å². The zero-order valence-electron chi connectivity index (χ0n) is 14.3. The number of methoxy groups -OCH3 is 1. The van der Waals surface area contributed by atoms with Crippen LogP contribution in [0.2, 0.25) is 0 Å². The summed E-state index contributed by atoms with van der Waals surface area (Å²) in [6.07, 6.45) is 0.440. The molecule has 0 N–H and O–H groups in total. The summed E-state index contributed by atoms with van der Waals surface area (Å²) >= 11 is 3.49. The maximum absolute atomic E-state index is 15.2. The third-order valence-corrected chi connectivity index (χ3v) is 5.20. The molecule has 6 heteroatoms. The van der Waals surface area contributed by atoms with E-state index >= 15 is 4.39 Å². The maximum atomic E-state index is 15.2. The molecule has 3 nitrogen and oxygen atoms in total. The van der Waals surface area contributed by atoms with Crippen molar-refractivity contribution in [2.45, 2.75) is 45.3 Å². The van der Waals surface area contributed by atoms with Crippen molar-refractivity contribution >= 4 is 28.6 Å². The molecule has 1 fully saturated rings. The Hall–Kier alpha value is -0.685. The van der Waals surface area contributed by atoms with Gasteiger partial charge in [-0.15, -0.1) is 0 Å². The molecule has 1 aliphatic heterocycles. The predicted molar refractivity (Wildman–Crippen MR) is 94.7 cm³/mol. The van der Waals surface area contributed by atoms with Crippen LogP contribution in [-0.4, -0.2) is 32.0 Å². The number of ether oxygens (including phenoxy) is 1. The van der Waals surface area contributed by atoms with Gasteiger partial charge in [-0.3, -0.25) is 0 Å². The van der Waals surface area contributed by atoms with E-state index in [1.807, 2.05) is 52.0 Å². The van der Waals surface area contributed by atoms with Crippen LogP contribution in [0.4, 0.5) is 4.39 Å². The van der Waals surface area contributed by atoms with Crippen LogP contribution in [-0.2, 0) is 14.0 Å². The molecular weight excluding hydrogens is 362 g/mol. The third kappa shape index (κ3) is 3.87. The lowest BCUT2D eigenvalue weighted by atomic mass is 9.82. The lowest BCUT2D eigenvalue weighted by molar-refractivity contribution is 0.00578. The summed E-state index contributed by atoms with van der Waals surface area (Å²) in [4.78, 5) is 0. The Balaban J connectivity index is 2.41. The van der Waals surface area contributed by atoms with Gasteiger partial charge in [0.2, 0.25) is 0 Å². The second kappa shape index (κ2) is 7.05. The van der Waals surface area contributed by atoms with Gasteiger partial charge < -0.3 is 14.0 Å². The van der Waals surface area contributed by atoms with Crippen molar-refractivity contribution < 1.29 is 18.4 Å². The van der Waals surface area contributed by atoms with Gasteiger partial charge in [-0.25, -0.2) is 4.39 Å². The largest absolute Gasteiger partial charge is 0.525 e. The smallest absolute Gasteiger partial charge is 0.398 e. The Morgan fingerprint density at radius 3 is 2.26 bits per heavy atom. The molecule has 1 aliphatic rings. The van der Waals surface area contributed by atoms with E-state index in [1.54, 1.807) is 7.11 Å². The van der Waals surface area contributed by atoms with Crippen LogP contribution in [0.3, 0.4) is 0 Å². The number of halogens is 2. The minimum absolute atomic E-state index is 0.396. The van der Waals surface area contributed by atoms with Gasteiger partial charge in [0.25, 0.3) is 0 Å². The molecule has 0 unspecified atom stereocenters.